The lowest BCUT2D eigenvalue weighted by Crippen LogP contribution is -2.36. The second kappa shape index (κ2) is 8.53. The number of anilines is 2. The molecule has 7 heteroatoms. The zero-order valence-corrected chi connectivity index (χ0v) is 16.6. The summed E-state index contributed by atoms with van der Waals surface area (Å²) in [5.74, 6) is -0.156. The number of rotatable bonds is 5. The third-order valence-corrected chi connectivity index (χ3v) is 5.39. The Kier molecular flexibility index (Phi) is 5.67. The van der Waals surface area contributed by atoms with Crippen LogP contribution in [-0.2, 0) is 4.74 Å². The maximum atomic E-state index is 12.7. The molecule has 2 saturated heterocycles. The van der Waals surface area contributed by atoms with Crippen LogP contribution in [0.2, 0.25) is 0 Å². The van der Waals surface area contributed by atoms with E-state index in [1.807, 2.05) is 13.0 Å². The molecule has 2 fully saturated rings. The normalized spacial score (nSPS) is 17.8. The molecular formula is C22H26N4O3. The van der Waals surface area contributed by atoms with Crippen molar-refractivity contribution < 1.29 is 14.3 Å². The van der Waals surface area contributed by atoms with Gasteiger partial charge < -0.3 is 20.3 Å². The van der Waals surface area contributed by atoms with Crippen molar-refractivity contribution in [2.45, 2.75) is 13.0 Å². The van der Waals surface area contributed by atoms with E-state index in [-0.39, 0.29) is 18.0 Å². The molecule has 29 heavy (non-hydrogen) atoms. The van der Waals surface area contributed by atoms with Gasteiger partial charge in [-0.2, -0.15) is 0 Å². The number of nitrogens with zero attached hydrogens (tertiary/aromatic N) is 2. The minimum absolute atomic E-state index is 0.125. The van der Waals surface area contributed by atoms with Crippen LogP contribution >= 0.6 is 0 Å². The van der Waals surface area contributed by atoms with Gasteiger partial charge in [0.25, 0.3) is 5.91 Å². The van der Waals surface area contributed by atoms with Crippen molar-refractivity contribution in [2.75, 3.05) is 49.2 Å². The summed E-state index contributed by atoms with van der Waals surface area (Å²) in [5, 5.41) is 5.82. The van der Waals surface area contributed by atoms with E-state index >= 15 is 0 Å². The molecule has 2 aromatic rings. The van der Waals surface area contributed by atoms with Gasteiger partial charge in [0.15, 0.2) is 0 Å². The van der Waals surface area contributed by atoms with Gasteiger partial charge in [0, 0.05) is 43.1 Å². The number of carbonyl (C=O) groups is 2. The molecule has 2 heterocycles. The maximum Gasteiger partial charge on any atom is 0.321 e. The topological polar surface area (TPSA) is 73.9 Å². The zero-order valence-electron chi connectivity index (χ0n) is 16.6. The minimum atomic E-state index is -0.156. The standard InChI is InChI=1S/C22H26N4O3/c1-16(17-5-7-19(8-6-17)25-11-13-29-14-12-25)24-21(27)18-3-2-4-20(15-18)26-10-9-23-22(26)28/h2-8,15-16H,9-14H2,1H3,(H,23,28)(H,24,27). The predicted molar refractivity (Wildman–Crippen MR) is 113 cm³/mol. The summed E-state index contributed by atoms with van der Waals surface area (Å²) in [6.07, 6.45) is 0. The molecule has 2 aromatic carbocycles. The Bertz CT molecular complexity index is 878. The number of hydrogen-bond acceptors (Lipinski definition) is 4. The van der Waals surface area contributed by atoms with Crippen LogP contribution in [0, 0.1) is 0 Å². The number of benzene rings is 2. The Morgan fingerprint density at radius 2 is 1.83 bits per heavy atom. The Hall–Kier alpha value is -3.06. The summed E-state index contributed by atoms with van der Waals surface area (Å²) in [6.45, 7) is 6.51. The zero-order chi connectivity index (χ0) is 20.2. The summed E-state index contributed by atoms with van der Waals surface area (Å²) in [4.78, 5) is 28.5. The molecule has 0 bridgehead atoms. The number of nitrogens with one attached hydrogen (secondary N) is 2. The molecule has 152 valence electrons. The molecule has 3 amide bonds. The van der Waals surface area contributed by atoms with Crippen LogP contribution in [0.4, 0.5) is 16.2 Å². The van der Waals surface area contributed by atoms with Gasteiger partial charge in [-0.15, -0.1) is 0 Å². The highest BCUT2D eigenvalue weighted by atomic mass is 16.5. The van der Waals surface area contributed by atoms with Crippen molar-refractivity contribution >= 4 is 23.3 Å². The predicted octanol–water partition coefficient (Wildman–Crippen LogP) is 2.54. The first-order valence-corrected chi connectivity index (χ1v) is 10.0. The SMILES string of the molecule is CC(NC(=O)c1cccc(N2CCNC2=O)c1)c1ccc(N2CCOCC2)cc1. The molecule has 0 radical (unpaired) electrons. The van der Waals surface area contributed by atoms with Gasteiger partial charge in [0.05, 0.1) is 19.3 Å². The third-order valence-electron chi connectivity index (χ3n) is 5.39. The lowest BCUT2D eigenvalue weighted by molar-refractivity contribution is 0.0940. The lowest BCUT2D eigenvalue weighted by Gasteiger charge is -2.29. The Balaban J connectivity index is 1.41. The fourth-order valence-corrected chi connectivity index (χ4v) is 3.69. The quantitative estimate of drug-likeness (QED) is 0.817. The van der Waals surface area contributed by atoms with E-state index in [4.69, 9.17) is 4.74 Å². The smallest absolute Gasteiger partial charge is 0.321 e. The van der Waals surface area contributed by atoms with Crippen LogP contribution in [0.3, 0.4) is 0 Å². The third kappa shape index (κ3) is 4.35. The van der Waals surface area contributed by atoms with Crippen molar-refractivity contribution in [2.24, 2.45) is 0 Å². The molecule has 4 rings (SSSR count). The van der Waals surface area contributed by atoms with Gasteiger partial charge in [-0.25, -0.2) is 4.79 Å². The van der Waals surface area contributed by atoms with Gasteiger partial charge in [0.2, 0.25) is 0 Å². The molecule has 2 N–H and O–H groups in total. The fourth-order valence-electron chi connectivity index (χ4n) is 3.69. The van der Waals surface area contributed by atoms with Gasteiger partial charge in [-0.05, 0) is 42.8 Å². The van der Waals surface area contributed by atoms with Crippen LogP contribution in [0.5, 0.6) is 0 Å². The van der Waals surface area contributed by atoms with Gasteiger partial charge in [0.1, 0.15) is 0 Å². The average Bonchev–Trinajstić information content (AvgIpc) is 3.20. The lowest BCUT2D eigenvalue weighted by atomic mass is 10.1. The Labute approximate surface area is 170 Å². The number of urea groups is 1. The number of morpholine rings is 1. The Morgan fingerprint density at radius 1 is 1.07 bits per heavy atom. The Morgan fingerprint density at radius 3 is 2.52 bits per heavy atom. The van der Waals surface area contributed by atoms with Gasteiger partial charge >= 0.3 is 6.03 Å². The summed E-state index contributed by atoms with van der Waals surface area (Å²) < 4.78 is 5.40. The molecule has 0 saturated carbocycles. The number of hydrogen-bond donors (Lipinski definition) is 2. The molecule has 7 nitrogen and oxygen atoms in total. The molecule has 0 spiro atoms. The summed E-state index contributed by atoms with van der Waals surface area (Å²) in [5.41, 5.74) is 3.49. The van der Waals surface area contributed by atoms with Crippen molar-refractivity contribution in [3.63, 3.8) is 0 Å². The van der Waals surface area contributed by atoms with Crippen molar-refractivity contribution in [1.82, 2.24) is 10.6 Å². The maximum absolute atomic E-state index is 12.7. The summed E-state index contributed by atoms with van der Waals surface area (Å²) in [7, 11) is 0. The number of carbonyl (C=O) groups excluding carboxylic acids is 2. The highest BCUT2D eigenvalue weighted by Gasteiger charge is 2.22. The summed E-state index contributed by atoms with van der Waals surface area (Å²) in [6, 6.07) is 15.2. The van der Waals surface area contributed by atoms with Crippen LogP contribution in [0.15, 0.2) is 48.5 Å². The van der Waals surface area contributed by atoms with E-state index in [0.29, 0.717) is 18.7 Å². The van der Waals surface area contributed by atoms with E-state index in [9.17, 15) is 9.59 Å². The highest BCUT2D eigenvalue weighted by Crippen LogP contribution is 2.22. The van der Waals surface area contributed by atoms with Crippen molar-refractivity contribution in [3.8, 4) is 0 Å². The monoisotopic (exact) mass is 394 g/mol. The van der Waals surface area contributed by atoms with E-state index in [1.54, 1.807) is 23.1 Å². The van der Waals surface area contributed by atoms with Crippen molar-refractivity contribution in [3.05, 3.63) is 59.7 Å². The van der Waals surface area contributed by atoms with E-state index < -0.39 is 0 Å². The fraction of sp³-hybridized carbons (Fsp3) is 0.364. The first-order chi connectivity index (χ1) is 14.1. The molecular weight excluding hydrogens is 368 g/mol. The van der Waals surface area contributed by atoms with Crippen LogP contribution < -0.4 is 20.4 Å². The second-order valence-corrected chi connectivity index (χ2v) is 7.32. The number of ether oxygens (including phenoxy) is 1. The van der Waals surface area contributed by atoms with Crippen LogP contribution in [0.1, 0.15) is 28.9 Å². The summed E-state index contributed by atoms with van der Waals surface area (Å²) >= 11 is 0. The average molecular weight is 394 g/mol. The van der Waals surface area contributed by atoms with Crippen LogP contribution in [0.25, 0.3) is 0 Å². The van der Waals surface area contributed by atoms with Gasteiger partial charge in [-0.1, -0.05) is 18.2 Å². The van der Waals surface area contributed by atoms with Crippen LogP contribution in [-0.4, -0.2) is 51.3 Å². The minimum Gasteiger partial charge on any atom is -0.378 e. The van der Waals surface area contributed by atoms with E-state index in [0.717, 1.165) is 37.6 Å². The molecule has 2 aliphatic heterocycles. The van der Waals surface area contributed by atoms with E-state index in [2.05, 4.69) is 39.8 Å². The first kappa shape index (κ1) is 19.3. The molecule has 2 aliphatic rings. The molecule has 1 atom stereocenters. The van der Waals surface area contributed by atoms with Gasteiger partial charge in [-0.3, -0.25) is 9.69 Å². The highest BCUT2D eigenvalue weighted by molar-refractivity contribution is 5.98. The molecule has 1 unspecified atom stereocenters. The first-order valence-electron chi connectivity index (χ1n) is 10.0. The van der Waals surface area contributed by atoms with Crippen molar-refractivity contribution in [1.29, 1.82) is 0 Å². The second-order valence-electron chi connectivity index (χ2n) is 7.32. The molecule has 0 aliphatic carbocycles. The number of amides is 3. The van der Waals surface area contributed by atoms with E-state index in [1.165, 1.54) is 5.69 Å². The molecule has 0 aromatic heterocycles. The largest absolute Gasteiger partial charge is 0.378 e.